The summed E-state index contributed by atoms with van der Waals surface area (Å²) in [5, 5.41) is 0. The van der Waals surface area contributed by atoms with Crippen LogP contribution >= 0.6 is 0 Å². The van der Waals surface area contributed by atoms with E-state index in [4.69, 9.17) is 4.98 Å². The van der Waals surface area contributed by atoms with Crippen LogP contribution in [-0.2, 0) is 17.8 Å². The van der Waals surface area contributed by atoms with Crippen LogP contribution in [0.1, 0.15) is 87.8 Å². The first-order valence-corrected chi connectivity index (χ1v) is 11.8. The third-order valence-corrected chi connectivity index (χ3v) is 7.92. The van der Waals surface area contributed by atoms with Gasteiger partial charge in [0.05, 0.1) is 17.3 Å². The molecule has 1 saturated heterocycles. The highest BCUT2D eigenvalue weighted by Gasteiger charge is 2.38. The van der Waals surface area contributed by atoms with Crippen molar-refractivity contribution in [2.24, 2.45) is 11.8 Å². The number of rotatable bonds is 3. The second-order valence-electron chi connectivity index (χ2n) is 9.83. The van der Waals surface area contributed by atoms with Crippen molar-refractivity contribution >= 4 is 5.91 Å². The Hall–Kier alpha value is -1.69. The standard InChI is InChI=1S/C23H34N4O2/c1-15-7-9-17(10-8-15)26-13-11-19-18(14-26)22(28)25-21(24-19)20-6-3-12-27(20)23(29)16-4-2-5-16/h15-17,20H,2-14H2,1H3,(H,24,25,28)/t15?,17?,20-/m0/s1. The lowest BCUT2D eigenvalue weighted by Gasteiger charge is -2.38. The molecule has 6 nitrogen and oxygen atoms in total. The third-order valence-electron chi connectivity index (χ3n) is 7.92. The van der Waals surface area contributed by atoms with Crippen molar-refractivity contribution < 1.29 is 4.79 Å². The van der Waals surface area contributed by atoms with Crippen molar-refractivity contribution in [1.29, 1.82) is 0 Å². The Morgan fingerprint density at radius 2 is 1.83 bits per heavy atom. The molecule has 1 amide bonds. The zero-order valence-corrected chi connectivity index (χ0v) is 17.7. The predicted molar refractivity (Wildman–Crippen MR) is 111 cm³/mol. The number of likely N-dealkylation sites (tertiary alicyclic amines) is 1. The second kappa shape index (κ2) is 7.86. The van der Waals surface area contributed by atoms with Crippen molar-refractivity contribution in [2.45, 2.75) is 89.8 Å². The molecule has 1 aromatic rings. The van der Waals surface area contributed by atoms with Gasteiger partial charge in [-0.15, -0.1) is 0 Å². The number of nitrogens with one attached hydrogen (secondary N) is 1. The second-order valence-corrected chi connectivity index (χ2v) is 9.83. The number of nitrogens with zero attached hydrogens (tertiary/aromatic N) is 3. The van der Waals surface area contributed by atoms with Gasteiger partial charge in [-0.1, -0.05) is 13.3 Å². The number of H-pyrrole nitrogens is 1. The average Bonchev–Trinajstić information content (AvgIpc) is 3.17. The van der Waals surface area contributed by atoms with Gasteiger partial charge >= 0.3 is 0 Å². The van der Waals surface area contributed by atoms with Gasteiger partial charge in [-0.2, -0.15) is 0 Å². The van der Waals surface area contributed by atoms with Gasteiger partial charge in [-0.05, 0) is 57.3 Å². The maximum Gasteiger partial charge on any atom is 0.255 e. The molecule has 1 atom stereocenters. The Morgan fingerprint density at radius 3 is 2.55 bits per heavy atom. The van der Waals surface area contributed by atoms with Crippen molar-refractivity contribution in [2.75, 3.05) is 13.1 Å². The summed E-state index contributed by atoms with van der Waals surface area (Å²) < 4.78 is 0. The highest BCUT2D eigenvalue weighted by Crippen LogP contribution is 2.36. The Morgan fingerprint density at radius 1 is 1.03 bits per heavy atom. The van der Waals surface area contributed by atoms with Crippen LogP contribution in [0.2, 0.25) is 0 Å². The SMILES string of the molecule is CC1CCC(N2CCc3nc([C@@H]4CCCN4C(=O)C4CCC4)[nH]c(=O)c3C2)CC1. The topological polar surface area (TPSA) is 69.3 Å². The molecule has 4 aliphatic rings. The molecule has 5 rings (SSSR count). The largest absolute Gasteiger partial charge is 0.332 e. The van der Waals surface area contributed by atoms with Crippen molar-refractivity contribution in [3.63, 3.8) is 0 Å². The minimum Gasteiger partial charge on any atom is -0.332 e. The quantitative estimate of drug-likeness (QED) is 0.849. The van der Waals surface area contributed by atoms with Crippen LogP contribution in [-0.4, -0.2) is 44.8 Å². The summed E-state index contributed by atoms with van der Waals surface area (Å²) in [6.07, 6.45) is 11.1. The van der Waals surface area contributed by atoms with Crippen LogP contribution in [0.25, 0.3) is 0 Å². The van der Waals surface area contributed by atoms with E-state index in [0.717, 1.165) is 74.7 Å². The number of carbonyl (C=O) groups is 1. The lowest BCUT2D eigenvalue weighted by atomic mass is 9.84. The molecule has 0 bridgehead atoms. The normalized spacial score (nSPS) is 30.8. The minimum atomic E-state index is -0.0426. The van der Waals surface area contributed by atoms with Crippen LogP contribution in [0.15, 0.2) is 4.79 Å². The van der Waals surface area contributed by atoms with Crippen LogP contribution in [0.5, 0.6) is 0 Å². The van der Waals surface area contributed by atoms with Crippen molar-refractivity contribution in [3.05, 3.63) is 27.4 Å². The van der Waals surface area contributed by atoms with Gasteiger partial charge in [0.1, 0.15) is 5.82 Å². The lowest BCUT2D eigenvalue weighted by Crippen LogP contribution is -2.44. The van der Waals surface area contributed by atoms with E-state index in [-0.39, 0.29) is 23.4 Å². The maximum atomic E-state index is 13.0. The molecule has 1 aromatic heterocycles. The van der Waals surface area contributed by atoms with E-state index in [0.29, 0.717) is 6.04 Å². The highest BCUT2D eigenvalue weighted by molar-refractivity contribution is 5.80. The molecule has 0 radical (unpaired) electrons. The van der Waals surface area contributed by atoms with Gasteiger partial charge < -0.3 is 9.88 Å². The minimum absolute atomic E-state index is 0.0156. The molecule has 2 aliphatic carbocycles. The summed E-state index contributed by atoms with van der Waals surface area (Å²) in [5.41, 5.74) is 1.84. The fraction of sp³-hybridized carbons (Fsp3) is 0.783. The van der Waals surface area contributed by atoms with E-state index >= 15 is 0 Å². The smallest absolute Gasteiger partial charge is 0.255 e. The molecule has 2 saturated carbocycles. The summed E-state index contributed by atoms with van der Waals surface area (Å²) >= 11 is 0. The molecule has 3 fully saturated rings. The molecular weight excluding hydrogens is 364 g/mol. The monoisotopic (exact) mass is 398 g/mol. The molecule has 6 heteroatoms. The fourth-order valence-corrected chi connectivity index (χ4v) is 5.75. The number of aromatic amines is 1. The van der Waals surface area contributed by atoms with Crippen molar-refractivity contribution in [3.8, 4) is 0 Å². The van der Waals surface area contributed by atoms with E-state index < -0.39 is 0 Å². The zero-order chi connectivity index (χ0) is 20.0. The van der Waals surface area contributed by atoms with Gasteiger partial charge in [0.15, 0.2) is 0 Å². The van der Waals surface area contributed by atoms with Gasteiger partial charge in [0.25, 0.3) is 5.56 Å². The molecule has 0 spiro atoms. The molecule has 29 heavy (non-hydrogen) atoms. The summed E-state index contributed by atoms with van der Waals surface area (Å²) in [5.74, 6) is 2.04. The van der Waals surface area contributed by atoms with E-state index in [1.807, 2.05) is 4.90 Å². The van der Waals surface area contributed by atoms with Crippen LogP contribution < -0.4 is 5.56 Å². The number of hydrogen-bond acceptors (Lipinski definition) is 4. The first-order chi connectivity index (χ1) is 14.1. The summed E-state index contributed by atoms with van der Waals surface area (Å²) in [6.45, 7) is 4.87. The Labute approximate surface area is 173 Å². The van der Waals surface area contributed by atoms with Gasteiger partial charge in [-0.3, -0.25) is 14.5 Å². The Kier molecular flexibility index (Phi) is 5.23. The number of fused-ring (bicyclic) bond motifs is 1. The maximum absolute atomic E-state index is 13.0. The average molecular weight is 399 g/mol. The van der Waals surface area contributed by atoms with Crippen LogP contribution in [0.3, 0.4) is 0 Å². The van der Waals surface area contributed by atoms with E-state index in [1.165, 1.54) is 32.1 Å². The van der Waals surface area contributed by atoms with E-state index in [1.54, 1.807) is 0 Å². The summed E-state index contributed by atoms with van der Waals surface area (Å²) in [4.78, 5) is 38.3. The first kappa shape index (κ1) is 19.3. The molecule has 0 aromatic carbocycles. The zero-order valence-electron chi connectivity index (χ0n) is 17.7. The molecule has 3 heterocycles. The van der Waals surface area contributed by atoms with Crippen LogP contribution in [0.4, 0.5) is 0 Å². The Balaban J connectivity index is 1.33. The van der Waals surface area contributed by atoms with Gasteiger partial charge in [-0.25, -0.2) is 4.98 Å². The first-order valence-electron chi connectivity index (χ1n) is 11.8. The number of carbonyl (C=O) groups excluding carboxylic acids is 1. The summed E-state index contributed by atoms with van der Waals surface area (Å²) in [6, 6.07) is 0.572. The number of amides is 1. The molecule has 2 aliphatic heterocycles. The molecule has 1 N–H and O–H groups in total. The lowest BCUT2D eigenvalue weighted by molar-refractivity contribution is -0.139. The fourth-order valence-electron chi connectivity index (χ4n) is 5.75. The van der Waals surface area contributed by atoms with Gasteiger partial charge in [0, 0.05) is 38.0 Å². The highest BCUT2D eigenvalue weighted by atomic mass is 16.2. The van der Waals surface area contributed by atoms with Crippen molar-refractivity contribution in [1.82, 2.24) is 19.8 Å². The van der Waals surface area contributed by atoms with E-state index in [2.05, 4.69) is 16.8 Å². The van der Waals surface area contributed by atoms with E-state index in [9.17, 15) is 9.59 Å². The number of aromatic nitrogens is 2. The molecular formula is C23H34N4O2. The third kappa shape index (κ3) is 3.65. The summed E-state index contributed by atoms with van der Waals surface area (Å²) in [7, 11) is 0. The predicted octanol–water partition coefficient (Wildman–Crippen LogP) is 3.17. The Bertz CT molecular complexity index is 823. The molecule has 158 valence electrons. The molecule has 0 unspecified atom stereocenters. The van der Waals surface area contributed by atoms with Crippen LogP contribution in [0, 0.1) is 11.8 Å². The number of hydrogen-bond donors (Lipinski definition) is 1. The van der Waals surface area contributed by atoms with Gasteiger partial charge in [0.2, 0.25) is 5.91 Å².